The molecule has 0 atom stereocenters. The van der Waals surface area contributed by atoms with Gasteiger partial charge in [0.25, 0.3) is 0 Å². The van der Waals surface area contributed by atoms with Crippen molar-refractivity contribution >= 4 is 0 Å². The molecule has 0 heterocycles. The molecule has 0 bridgehead atoms. The Kier molecular flexibility index (Phi) is 17.1. The van der Waals surface area contributed by atoms with Crippen molar-refractivity contribution in [1.82, 2.24) is 4.90 Å². The van der Waals surface area contributed by atoms with Crippen LogP contribution in [0.1, 0.15) is 84.0 Å². The van der Waals surface area contributed by atoms with Crippen molar-refractivity contribution in [1.29, 1.82) is 0 Å². The van der Waals surface area contributed by atoms with Crippen LogP contribution in [-0.4, -0.2) is 35.3 Å². The first kappa shape index (κ1) is 38.1. The molecule has 4 aromatic rings. The van der Waals surface area contributed by atoms with Crippen LogP contribution >= 0.6 is 0 Å². The molecule has 0 amide bonds. The molecule has 4 aromatic carbocycles. The van der Waals surface area contributed by atoms with Crippen molar-refractivity contribution in [3.63, 3.8) is 0 Å². The molecule has 0 unspecified atom stereocenters. The Morgan fingerprint density at radius 3 is 1.19 bits per heavy atom. The molecule has 43 heavy (non-hydrogen) atoms. The maximum Gasteiger partial charge on any atom is 0.122 e. The maximum atomic E-state index is 10.6. The number of benzene rings is 4. The summed E-state index contributed by atoms with van der Waals surface area (Å²) in [6, 6.07) is 28.1. The summed E-state index contributed by atoms with van der Waals surface area (Å²) in [4.78, 5) is 2.27. The van der Waals surface area contributed by atoms with Crippen molar-refractivity contribution in [2.45, 2.75) is 66.2 Å². The Morgan fingerprint density at radius 2 is 0.930 bits per heavy atom. The van der Waals surface area contributed by atoms with E-state index < -0.39 is 0 Å². The second-order valence-corrected chi connectivity index (χ2v) is 11.8. The molecular formula is C39H51HfNO2-2. The van der Waals surface area contributed by atoms with E-state index in [0.29, 0.717) is 23.3 Å². The monoisotopic (exact) mass is 745 g/mol. The number of hydrogen-bond donors (Lipinski definition) is 2. The minimum atomic E-state index is 0. The van der Waals surface area contributed by atoms with Gasteiger partial charge in [-0.15, -0.1) is 24.3 Å². The molecule has 0 aliphatic heterocycles. The van der Waals surface area contributed by atoms with E-state index >= 15 is 0 Å². The third-order valence-corrected chi connectivity index (χ3v) is 7.18. The molecule has 230 valence electrons. The number of phenols is 2. The fraction of sp³-hybridized carbons (Fsp3) is 0.333. The topological polar surface area (TPSA) is 43.7 Å². The van der Waals surface area contributed by atoms with Gasteiger partial charge in [-0.25, -0.2) is 0 Å². The number of rotatable bonds is 8. The third kappa shape index (κ3) is 13.5. The van der Waals surface area contributed by atoms with Gasteiger partial charge < -0.3 is 15.1 Å². The van der Waals surface area contributed by atoms with Gasteiger partial charge in [-0.1, -0.05) is 75.2 Å². The zero-order chi connectivity index (χ0) is 31.2. The first-order valence-electron chi connectivity index (χ1n) is 15.0. The molecule has 0 fully saturated rings. The van der Waals surface area contributed by atoms with E-state index in [-0.39, 0.29) is 25.8 Å². The summed E-state index contributed by atoms with van der Waals surface area (Å²) in [5.41, 5.74) is 8.65. The van der Waals surface area contributed by atoms with Gasteiger partial charge in [-0.2, -0.15) is 49.2 Å². The summed E-state index contributed by atoms with van der Waals surface area (Å²) in [5, 5.41) is 21.2. The van der Waals surface area contributed by atoms with E-state index in [1.165, 1.54) is 11.1 Å². The zero-order valence-corrected chi connectivity index (χ0v) is 30.9. The van der Waals surface area contributed by atoms with Gasteiger partial charge in [-0.05, 0) is 67.8 Å². The van der Waals surface area contributed by atoms with Crippen LogP contribution in [0, 0.1) is 27.7 Å². The number of aromatic hydroxyl groups is 2. The molecule has 0 spiro atoms. The summed E-state index contributed by atoms with van der Waals surface area (Å²) in [6.45, 7) is 21.8. The van der Waals surface area contributed by atoms with Crippen LogP contribution in [0.15, 0.2) is 84.9 Å². The Balaban J connectivity index is 0.000000499. The van der Waals surface area contributed by atoms with E-state index in [4.69, 9.17) is 0 Å². The molecule has 0 aromatic heterocycles. The van der Waals surface area contributed by atoms with E-state index in [0.717, 1.165) is 59.3 Å². The molecule has 0 radical (unpaired) electrons. The summed E-state index contributed by atoms with van der Waals surface area (Å²) in [5.74, 6) is 1.53. The predicted octanol–water partition coefficient (Wildman–Crippen LogP) is 9.41. The summed E-state index contributed by atoms with van der Waals surface area (Å²) in [7, 11) is 2.10. The van der Waals surface area contributed by atoms with Crippen molar-refractivity contribution in [3.8, 4) is 11.5 Å². The second-order valence-electron chi connectivity index (χ2n) is 11.8. The largest absolute Gasteiger partial charge is 0.507 e. The van der Waals surface area contributed by atoms with Crippen molar-refractivity contribution in [3.05, 3.63) is 143 Å². The van der Waals surface area contributed by atoms with Crippen LogP contribution in [0.5, 0.6) is 11.5 Å². The fourth-order valence-electron chi connectivity index (χ4n) is 4.72. The first-order chi connectivity index (χ1) is 19.9. The Hall–Kier alpha value is -2.95. The molecule has 0 aliphatic rings. The number of aryl methyl sites for hydroxylation is 2. The Morgan fingerprint density at radius 1 is 0.605 bits per heavy atom. The van der Waals surface area contributed by atoms with E-state index in [1.807, 2.05) is 60.7 Å². The average Bonchev–Trinajstić information content (AvgIpc) is 2.94. The van der Waals surface area contributed by atoms with Crippen molar-refractivity contribution in [2.24, 2.45) is 0 Å². The van der Waals surface area contributed by atoms with Crippen LogP contribution in [0.25, 0.3) is 0 Å². The number of phenolic OH excluding ortho intramolecular Hbond substituents is 2. The van der Waals surface area contributed by atoms with Crippen LogP contribution in [0.3, 0.4) is 0 Å². The zero-order valence-electron chi connectivity index (χ0n) is 27.3. The minimum Gasteiger partial charge on any atom is -0.507 e. The summed E-state index contributed by atoms with van der Waals surface area (Å²) < 4.78 is 0. The van der Waals surface area contributed by atoms with Gasteiger partial charge in [0.1, 0.15) is 11.5 Å². The van der Waals surface area contributed by atoms with E-state index in [2.05, 4.69) is 91.6 Å². The second kappa shape index (κ2) is 19.4. The molecule has 4 heteroatoms. The standard InChI is InChI=1S/C25H37NO2.2C7H7.Hf/c1-16(2)22-14-18(5)12-20(24(22)27)8-10-26(7)11-9-21-13-19(6)15-23(17(3)4)25(21)28;2*1-7-5-3-2-4-6-7;/h12-17,27-28H,8-11H2,1-7H3;2*2-6H,1H2;/q;2*-1;. The quantitative estimate of drug-likeness (QED) is 0.140. The normalized spacial score (nSPS) is 10.5. The summed E-state index contributed by atoms with van der Waals surface area (Å²) in [6.07, 6.45) is 1.64. The molecule has 2 N–H and O–H groups in total. The minimum absolute atomic E-state index is 0. The molecule has 0 saturated carbocycles. The van der Waals surface area contributed by atoms with Gasteiger partial charge in [-0.3, -0.25) is 0 Å². The van der Waals surface area contributed by atoms with Crippen LogP contribution < -0.4 is 0 Å². The number of likely N-dealkylation sites (N-methyl/N-ethyl adjacent to an activating group) is 1. The van der Waals surface area contributed by atoms with Crippen LogP contribution in [0.4, 0.5) is 0 Å². The van der Waals surface area contributed by atoms with Gasteiger partial charge in [0.05, 0.1) is 0 Å². The molecule has 4 rings (SSSR count). The van der Waals surface area contributed by atoms with Gasteiger partial charge in [0.15, 0.2) is 0 Å². The van der Waals surface area contributed by atoms with E-state index in [9.17, 15) is 10.2 Å². The Labute approximate surface area is 280 Å². The smallest absolute Gasteiger partial charge is 0.122 e. The first-order valence-corrected chi connectivity index (χ1v) is 15.0. The Bertz CT molecular complexity index is 1250. The average molecular weight is 744 g/mol. The number of nitrogens with zero attached hydrogens (tertiary/aromatic N) is 1. The van der Waals surface area contributed by atoms with Crippen molar-refractivity contribution < 1.29 is 36.1 Å². The van der Waals surface area contributed by atoms with Gasteiger partial charge >= 0.3 is 0 Å². The molecule has 0 aliphatic carbocycles. The van der Waals surface area contributed by atoms with Crippen LogP contribution in [0.2, 0.25) is 0 Å². The number of hydrogen-bond acceptors (Lipinski definition) is 3. The van der Waals surface area contributed by atoms with E-state index in [1.54, 1.807) is 0 Å². The van der Waals surface area contributed by atoms with Crippen LogP contribution in [-0.2, 0) is 38.7 Å². The third-order valence-electron chi connectivity index (χ3n) is 7.18. The summed E-state index contributed by atoms with van der Waals surface area (Å²) >= 11 is 0. The van der Waals surface area contributed by atoms with Gasteiger partial charge in [0.2, 0.25) is 0 Å². The SMILES string of the molecule is Cc1cc(CCN(C)CCc2cc(C)cc(C(C)C)c2O)c(O)c(C(C)C)c1.[CH2-]c1ccccc1.[CH2-]c1ccccc1.[Hf]. The fourth-order valence-corrected chi connectivity index (χ4v) is 4.72. The maximum absolute atomic E-state index is 10.6. The van der Waals surface area contributed by atoms with Crippen molar-refractivity contribution in [2.75, 3.05) is 20.1 Å². The predicted molar refractivity (Wildman–Crippen MR) is 181 cm³/mol. The van der Waals surface area contributed by atoms with Gasteiger partial charge in [0, 0.05) is 38.9 Å². The molecular weight excluding hydrogens is 693 g/mol. The molecule has 0 saturated heterocycles. The molecule has 3 nitrogen and oxygen atoms in total.